The first-order valence-corrected chi connectivity index (χ1v) is 8.67. The highest BCUT2D eigenvalue weighted by atomic mass is 16.5. The first kappa shape index (κ1) is 17.8. The first-order chi connectivity index (χ1) is 12.7. The van der Waals surface area contributed by atoms with Crippen molar-refractivity contribution in [3.63, 3.8) is 0 Å². The Morgan fingerprint density at radius 1 is 1.04 bits per heavy atom. The molecule has 2 N–H and O–H groups in total. The van der Waals surface area contributed by atoms with Crippen LogP contribution in [0, 0.1) is 0 Å². The summed E-state index contributed by atoms with van der Waals surface area (Å²) in [6.45, 7) is 2.79. The van der Waals surface area contributed by atoms with E-state index >= 15 is 0 Å². The molecule has 0 aliphatic heterocycles. The van der Waals surface area contributed by atoms with Gasteiger partial charge in [-0.25, -0.2) is 0 Å². The highest BCUT2D eigenvalue weighted by Gasteiger charge is 2.13. The van der Waals surface area contributed by atoms with Gasteiger partial charge in [0.15, 0.2) is 11.5 Å². The van der Waals surface area contributed by atoms with Crippen LogP contribution < -0.4 is 15.2 Å². The Labute approximate surface area is 153 Å². The van der Waals surface area contributed by atoms with Crippen molar-refractivity contribution in [1.82, 2.24) is 10.2 Å². The molecule has 3 aromatic rings. The standard InChI is InChI=1S/C20H23N3O3/c1-3-4-11-25-17-10-7-15(13-18(17)24-2)20-23-22-19(26-20)12-14-5-8-16(21)9-6-14/h5-10,13H,3-4,11-12,21H2,1-2H3. The van der Waals surface area contributed by atoms with Crippen molar-refractivity contribution in [3.8, 4) is 23.0 Å². The summed E-state index contributed by atoms with van der Waals surface area (Å²) in [6.07, 6.45) is 2.64. The molecule has 3 rings (SSSR count). The number of anilines is 1. The van der Waals surface area contributed by atoms with E-state index in [0.717, 1.165) is 29.7 Å². The van der Waals surface area contributed by atoms with Gasteiger partial charge in [0.1, 0.15) is 0 Å². The lowest BCUT2D eigenvalue weighted by Gasteiger charge is -2.10. The first-order valence-electron chi connectivity index (χ1n) is 8.67. The Bertz CT molecular complexity index is 844. The zero-order chi connectivity index (χ0) is 18.4. The summed E-state index contributed by atoms with van der Waals surface area (Å²) in [5.41, 5.74) is 8.29. The highest BCUT2D eigenvalue weighted by Crippen LogP contribution is 2.32. The topological polar surface area (TPSA) is 83.4 Å². The van der Waals surface area contributed by atoms with E-state index in [2.05, 4.69) is 17.1 Å². The van der Waals surface area contributed by atoms with E-state index < -0.39 is 0 Å². The molecular weight excluding hydrogens is 330 g/mol. The van der Waals surface area contributed by atoms with E-state index in [1.165, 1.54) is 0 Å². The maximum absolute atomic E-state index is 5.79. The third-order valence-corrected chi connectivity index (χ3v) is 3.97. The lowest BCUT2D eigenvalue weighted by molar-refractivity contribution is 0.288. The number of nitrogens with zero attached hydrogens (tertiary/aromatic N) is 2. The van der Waals surface area contributed by atoms with E-state index in [1.807, 2.05) is 42.5 Å². The summed E-state index contributed by atoms with van der Waals surface area (Å²) >= 11 is 0. The van der Waals surface area contributed by atoms with E-state index in [9.17, 15) is 0 Å². The number of methoxy groups -OCH3 is 1. The molecule has 0 fully saturated rings. The van der Waals surface area contributed by atoms with Gasteiger partial charge in [0.25, 0.3) is 0 Å². The van der Waals surface area contributed by atoms with Crippen molar-refractivity contribution in [2.24, 2.45) is 0 Å². The molecule has 1 heterocycles. The number of nitrogen functional groups attached to an aromatic ring is 1. The number of rotatable bonds is 8. The maximum Gasteiger partial charge on any atom is 0.247 e. The van der Waals surface area contributed by atoms with Gasteiger partial charge in [-0.2, -0.15) is 0 Å². The lowest BCUT2D eigenvalue weighted by atomic mass is 10.1. The predicted octanol–water partition coefficient (Wildman–Crippen LogP) is 4.10. The molecule has 0 saturated carbocycles. The fraction of sp³-hybridized carbons (Fsp3) is 0.300. The third kappa shape index (κ3) is 4.33. The molecule has 0 spiro atoms. The number of hydrogen-bond acceptors (Lipinski definition) is 6. The maximum atomic E-state index is 5.79. The van der Waals surface area contributed by atoms with Crippen LogP contribution in [0.2, 0.25) is 0 Å². The molecule has 6 heteroatoms. The Morgan fingerprint density at radius 3 is 2.58 bits per heavy atom. The fourth-order valence-electron chi connectivity index (χ4n) is 2.50. The van der Waals surface area contributed by atoms with E-state index in [4.69, 9.17) is 19.6 Å². The molecule has 0 saturated heterocycles. The van der Waals surface area contributed by atoms with Crippen LogP contribution in [0.4, 0.5) is 5.69 Å². The van der Waals surface area contributed by atoms with Gasteiger partial charge < -0.3 is 19.6 Å². The van der Waals surface area contributed by atoms with Gasteiger partial charge in [0.05, 0.1) is 20.1 Å². The van der Waals surface area contributed by atoms with Crippen LogP contribution in [-0.2, 0) is 6.42 Å². The van der Waals surface area contributed by atoms with Gasteiger partial charge in [0.2, 0.25) is 11.8 Å². The molecule has 0 amide bonds. The second-order valence-electron chi connectivity index (χ2n) is 5.99. The summed E-state index contributed by atoms with van der Waals surface area (Å²) < 4.78 is 17.0. The van der Waals surface area contributed by atoms with E-state index in [0.29, 0.717) is 36.3 Å². The van der Waals surface area contributed by atoms with Crippen LogP contribution in [0.1, 0.15) is 31.2 Å². The van der Waals surface area contributed by atoms with E-state index in [1.54, 1.807) is 7.11 Å². The Morgan fingerprint density at radius 2 is 1.85 bits per heavy atom. The van der Waals surface area contributed by atoms with Crippen LogP contribution in [0.3, 0.4) is 0 Å². The summed E-state index contributed by atoms with van der Waals surface area (Å²) in [4.78, 5) is 0. The van der Waals surface area contributed by atoms with Crippen molar-refractivity contribution < 1.29 is 13.9 Å². The monoisotopic (exact) mass is 353 g/mol. The summed E-state index contributed by atoms with van der Waals surface area (Å²) in [7, 11) is 1.62. The molecule has 0 bridgehead atoms. The number of aromatic nitrogens is 2. The van der Waals surface area contributed by atoms with Gasteiger partial charge in [-0.05, 0) is 42.3 Å². The van der Waals surface area contributed by atoms with Crippen LogP contribution in [0.25, 0.3) is 11.5 Å². The van der Waals surface area contributed by atoms with Gasteiger partial charge in [-0.1, -0.05) is 25.5 Å². The predicted molar refractivity (Wildman–Crippen MR) is 100 cm³/mol. The molecule has 2 aromatic carbocycles. The number of ether oxygens (including phenoxy) is 2. The van der Waals surface area contributed by atoms with Crippen molar-refractivity contribution >= 4 is 5.69 Å². The van der Waals surface area contributed by atoms with Crippen LogP contribution in [-0.4, -0.2) is 23.9 Å². The number of benzene rings is 2. The molecule has 0 aliphatic carbocycles. The molecule has 1 aromatic heterocycles. The zero-order valence-electron chi connectivity index (χ0n) is 15.1. The average Bonchev–Trinajstić information content (AvgIpc) is 3.12. The van der Waals surface area contributed by atoms with Gasteiger partial charge in [-0.3, -0.25) is 0 Å². The Balaban J connectivity index is 1.74. The lowest BCUT2D eigenvalue weighted by Crippen LogP contribution is -1.98. The normalized spacial score (nSPS) is 10.7. The van der Waals surface area contributed by atoms with Gasteiger partial charge in [-0.15, -0.1) is 10.2 Å². The smallest absolute Gasteiger partial charge is 0.247 e. The second kappa shape index (κ2) is 8.38. The molecule has 0 aliphatic rings. The van der Waals surface area contributed by atoms with Crippen LogP contribution in [0.5, 0.6) is 11.5 Å². The average molecular weight is 353 g/mol. The molecule has 136 valence electrons. The van der Waals surface area contributed by atoms with Crippen molar-refractivity contribution in [1.29, 1.82) is 0 Å². The minimum absolute atomic E-state index is 0.453. The molecular formula is C20H23N3O3. The van der Waals surface area contributed by atoms with Crippen LogP contribution >= 0.6 is 0 Å². The SMILES string of the molecule is CCCCOc1ccc(-c2nnc(Cc3ccc(N)cc3)o2)cc1OC. The zero-order valence-corrected chi connectivity index (χ0v) is 15.1. The number of hydrogen-bond donors (Lipinski definition) is 1. The minimum atomic E-state index is 0.453. The Kier molecular flexibility index (Phi) is 5.73. The molecule has 0 unspecified atom stereocenters. The van der Waals surface area contributed by atoms with Crippen LogP contribution in [0.15, 0.2) is 46.9 Å². The molecule has 0 atom stereocenters. The Hall–Kier alpha value is -3.02. The van der Waals surface area contributed by atoms with Gasteiger partial charge in [0, 0.05) is 11.3 Å². The van der Waals surface area contributed by atoms with E-state index in [-0.39, 0.29) is 0 Å². The van der Waals surface area contributed by atoms with Crippen molar-refractivity contribution in [2.75, 3.05) is 19.5 Å². The largest absolute Gasteiger partial charge is 0.493 e. The molecule has 0 radical (unpaired) electrons. The third-order valence-electron chi connectivity index (χ3n) is 3.97. The molecule has 6 nitrogen and oxygen atoms in total. The summed E-state index contributed by atoms with van der Waals surface area (Å²) in [5.74, 6) is 2.36. The number of unbranched alkanes of at least 4 members (excludes halogenated alkanes) is 1. The molecule has 26 heavy (non-hydrogen) atoms. The minimum Gasteiger partial charge on any atom is -0.493 e. The number of nitrogens with two attached hydrogens (primary N) is 1. The highest BCUT2D eigenvalue weighted by molar-refractivity contribution is 5.59. The summed E-state index contributed by atoms with van der Waals surface area (Å²) in [5, 5.41) is 8.27. The second-order valence-corrected chi connectivity index (χ2v) is 5.99. The van der Waals surface area contributed by atoms with Crippen molar-refractivity contribution in [2.45, 2.75) is 26.2 Å². The quantitative estimate of drug-likeness (QED) is 0.485. The van der Waals surface area contributed by atoms with Crippen molar-refractivity contribution in [3.05, 3.63) is 53.9 Å². The summed E-state index contributed by atoms with van der Waals surface area (Å²) in [6, 6.07) is 13.2. The van der Waals surface area contributed by atoms with Gasteiger partial charge >= 0.3 is 0 Å². The fourth-order valence-corrected chi connectivity index (χ4v) is 2.50.